The Bertz CT molecular complexity index is 599. The van der Waals surface area contributed by atoms with Crippen molar-refractivity contribution in [3.63, 3.8) is 0 Å². The van der Waals surface area contributed by atoms with E-state index in [-0.39, 0.29) is 13.1 Å². The van der Waals surface area contributed by atoms with E-state index in [1.807, 2.05) is 30.3 Å². The molecule has 144 valence electrons. The summed E-state index contributed by atoms with van der Waals surface area (Å²) in [5.41, 5.74) is 0.315. The highest BCUT2D eigenvalue weighted by molar-refractivity contribution is 5.83. The summed E-state index contributed by atoms with van der Waals surface area (Å²) in [7, 11) is 1.27. The van der Waals surface area contributed by atoms with Gasteiger partial charge in [-0.1, -0.05) is 30.3 Å². The van der Waals surface area contributed by atoms with E-state index in [9.17, 15) is 14.4 Å². The summed E-state index contributed by atoms with van der Waals surface area (Å²) < 4.78 is 9.82. The molecule has 0 saturated heterocycles. The van der Waals surface area contributed by atoms with Crippen LogP contribution in [-0.4, -0.2) is 49.9 Å². The highest BCUT2D eigenvalue weighted by Gasteiger charge is 2.22. The second kappa shape index (κ2) is 10.3. The Balaban J connectivity index is 2.40. The van der Waals surface area contributed by atoms with Crippen LogP contribution >= 0.6 is 0 Å². The number of rotatable bonds is 7. The lowest BCUT2D eigenvalue weighted by atomic mass is 10.1. The predicted molar refractivity (Wildman–Crippen MR) is 96.7 cm³/mol. The van der Waals surface area contributed by atoms with Crippen LogP contribution in [0.25, 0.3) is 0 Å². The molecular weight excluding hydrogens is 338 g/mol. The van der Waals surface area contributed by atoms with E-state index in [4.69, 9.17) is 9.47 Å². The molecule has 0 radical (unpaired) electrons. The number of esters is 1. The molecule has 0 saturated carbocycles. The van der Waals surface area contributed by atoms with Crippen molar-refractivity contribution in [1.82, 2.24) is 16.0 Å². The largest absolute Gasteiger partial charge is 0.467 e. The van der Waals surface area contributed by atoms with Gasteiger partial charge in [-0.15, -0.1) is 0 Å². The average molecular weight is 365 g/mol. The number of carbonyl (C=O) groups is 3. The van der Waals surface area contributed by atoms with Gasteiger partial charge in [-0.2, -0.15) is 0 Å². The van der Waals surface area contributed by atoms with E-state index in [0.717, 1.165) is 5.56 Å². The van der Waals surface area contributed by atoms with Gasteiger partial charge in [0.2, 0.25) is 0 Å². The molecule has 1 aromatic carbocycles. The summed E-state index contributed by atoms with van der Waals surface area (Å²) in [5, 5.41) is 7.67. The maximum atomic E-state index is 12.0. The van der Waals surface area contributed by atoms with E-state index in [1.54, 1.807) is 20.8 Å². The summed E-state index contributed by atoms with van der Waals surface area (Å²) in [6.45, 7) is 5.67. The molecular formula is C18H27N3O5. The molecule has 1 aromatic rings. The van der Waals surface area contributed by atoms with Crippen LogP contribution in [0.15, 0.2) is 30.3 Å². The van der Waals surface area contributed by atoms with Crippen molar-refractivity contribution < 1.29 is 23.9 Å². The molecule has 8 nitrogen and oxygen atoms in total. The van der Waals surface area contributed by atoms with Crippen LogP contribution in [0.5, 0.6) is 0 Å². The highest BCUT2D eigenvalue weighted by atomic mass is 16.6. The average Bonchev–Trinajstić information content (AvgIpc) is 2.57. The number of ether oxygens (including phenoxy) is 2. The minimum absolute atomic E-state index is 0.185. The van der Waals surface area contributed by atoms with Gasteiger partial charge in [0.15, 0.2) is 0 Å². The number of methoxy groups -OCH3 is 1. The Kier molecular flexibility index (Phi) is 8.41. The molecule has 0 bridgehead atoms. The smallest absolute Gasteiger partial charge is 0.407 e. The lowest BCUT2D eigenvalue weighted by molar-refractivity contribution is -0.142. The number of hydrogen-bond acceptors (Lipinski definition) is 5. The zero-order chi connectivity index (χ0) is 19.6. The van der Waals surface area contributed by atoms with E-state index < -0.39 is 29.7 Å². The third-order valence-corrected chi connectivity index (χ3v) is 3.15. The first-order valence-corrected chi connectivity index (χ1v) is 8.34. The summed E-state index contributed by atoms with van der Waals surface area (Å²) >= 11 is 0. The van der Waals surface area contributed by atoms with Gasteiger partial charge < -0.3 is 25.4 Å². The summed E-state index contributed by atoms with van der Waals surface area (Å²) in [5.74, 6) is -0.532. The maximum Gasteiger partial charge on any atom is 0.407 e. The van der Waals surface area contributed by atoms with Crippen molar-refractivity contribution >= 4 is 18.1 Å². The molecule has 0 spiro atoms. The van der Waals surface area contributed by atoms with Crippen molar-refractivity contribution in [2.45, 2.75) is 38.8 Å². The van der Waals surface area contributed by atoms with Crippen LogP contribution < -0.4 is 16.0 Å². The fourth-order valence-electron chi connectivity index (χ4n) is 2.05. The molecule has 26 heavy (non-hydrogen) atoms. The molecule has 0 fully saturated rings. The number of amides is 3. The standard InChI is InChI=1S/C18H27N3O5/c1-18(2,3)26-17(24)20-11-10-19-16(23)21-14(15(22)25-4)12-13-8-6-5-7-9-13/h5-9,14H,10-12H2,1-4H3,(H,20,24)(H2,19,21,23)/t14-/m1/s1. The number of nitrogens with one attached hydrogen (secondary N) is 3. The monoisotopic (exact) mass is 365 g/mol. The first-order valence-electron chi connectivity index (χ1n) is 8.34. The third-order valence-electron chi connectivity index (χ3n) is 3.15. The third kappa shape index (κ3) is 8.91. The van der Waals surface area contributed by atoms with Gasteiger partial charge in [0.25, 0.3) is 0 Å². The van der Waals surface area contributed by atoms with E-state index in [2.05, 4.69) is 16.0 Å². The van der Waals surface area contributed by atoms with E-state index in [0.29, 0.717) is 6.42 Å². The number of hydrogen-bond donors (Lipinski definition) is 3. The number of urea groups is 1. The van der Waals surface area contributed by atoms with Gasteiger partial charge in [0, 0.05) is 19.5 Å². The Labute approximate surface area is 153 Å². The van der Waals surface area contributed by atoms with Crippen LogP contribution in [0.1, 0.15) is 26.3 Å². The normalized spacial score (nSPS) is 11.8. The Morgan fingerprint density at radius 1 is 1.04 bits per heavy atom. The molecule has 0 aliphatic rings. The summed E-state index contributed by atoms with van der Waals surface area (Å²) in [6, 6.07) is 7.97. The maximum absolute atomic E-state index is 12.0. The van der Waals surface area contributed by atoms with Gasteiger partial charge >= 0.3 is 18.1 Å². The minimum atomic E-state index is -0.804. The second-order valence-corrected chi connectivity index (χ2v) is 6.59. The van der Waals surface area contributed by atoms with Crippen LogP contribution in [0.2, 0.25) is 0 Å². The molecule has 1 atom stereocenters. The van der Waals surface area contributed by atoms with Crippen LogP contribution in [0.4, 0.5) is 9.59 Å². The first kappa shape index (κ1) is 21.3. The summed E-state index contributed by atoms with van der Waals surface area (Å²) in [6.07, 6.45) is -0.242. The quantitative estimate of drug-likeness (QED) is 0.503. The molecule has 8 heteroatoms. The van der Waals surface area contributed by atoms with Crippen LogP contribution in [0, 0.1) is 0 Å². The molecule has 3 amide bonds. The van der Waals surface area contributed by atoms with E-state index >= 15 is 0 Å². The Morgan fingerprint density at radius 2 is 1.65 bits per heavy atom. The number of carbonyl (C=O) groups excluding carboxylic acids is 3. The first-order chi connectivity index (χ1) is 12.2. The summed E-state index contributed by atoms with van der Waals surface area (Å²) in [4.78, 5) is 35.3. The molecule has 3 N–H and O–H groups in total. The minimum Gasteiger partial charge on any atom is -0.467 e. The number of alkyl carbamates (subject to hydrolysis) is 1. The molecule has 0 aromatic heterocycles. The molecule has 0 aliphatic carbocycles. The lowest BCUT2D eigenvalue weighted by Crippen LogP contribution is -2.49. The van der Waals surface area contributed by atoms with Crippen molar-refractivity contribution in [3.8, 4) is 0 Å². The van der Waals surface area contributed by atoms with Crippen LogP contribution in [0.3, 0.4) is 0 Å². The van der Waals surface area contributed by atoms with Gasteiger partial charge in [-0.05, 0) is 26.3 Å². The van der Waals surface area contributed by atoms with Crippen LogP contribution in [-0.2, 0) is 20.7 Å². The fourth-order valence-corrected chi connectivity index (χ4v) is 2.05. The molecule has 0 aliphatic heterocycles. The van der Waals surface area contributed by atoms with Gasteiger partial charge in [-0.3, -0.25) is 0 Å². The number of benzene rings is 1. The molecule has 1 rings (SSSR count). The zero-order valence-corrected chi connectivity index (χ0v) is 15.6. The Morgan fingerprint density at radius 3 is 2.23 bits per heavy atom. The lowest BCUT2D eigenvalue weighted by Gasteiger charge is -2.20. The zero-order valence-electron chi connectivity index (χ0n) is 15.6. The van der Waals surface area contributed by atoms with Crippen molar-refractivity contribution in [3.05, 3.63) is 35.9 Å². The Hall–Kier alpha value is -2.77. The molecule has 0 heterocycles. The van der Waals surface area contributed by atoms with Gasteiger partial charge in [0.1, 0.15) is 11.6 Å². The van der Waals surface area contributed by atoms with Gasteiger partial charge in [0.05, 0.1) is 7.11 Å². The fraction of sp³-hybridized carbons (Fsp3) is 0.500. The SMILES string of the molecule is COC(=O)[C@@H](Cc1ccccc1)NC(=O)NCCNC(=O)OC(C)(C)C. The van der Waals surface area contributed by atoms with Crippen molar-refractivity contribution in [2.24, 2.45) is 0 Å². The van der Waals surface area contributed by atoms with Crippen molar-refractivity contribution in [1.29, 1.82) is 0 Å². The van der Waals surface area contributed by atoms with Crippen molar-refractivity contribution in [2.75, 3.05) is 20.2 Å². The highest BCUT2D eigenvalue weighted by Crippen LogP contribution is 2.06. The predicted octanol–water partition coefficient (Wildman–Crippen LogP) is 1.59. The molecule has 0 unspecified atom stereocenters. The van der Waals surface area contributed by atoms with E-state index in [1.165, 1.54) is 7.11 Å². The second-order valence-electron chi connectivity index (χ2n) is 6.59. The van der Waals surface area contributed by atoms with Gasteiger partial charge in [-0.25, -0.2) is 14.4 Å². The topological polar surface area (TPSA) is 106 Å².